The number of rotatable bonds is 0. The second-order valence-corrected chi connectivity index (χ2v) is 2.77. The molecular weight excluding hydrogens is 148 g/mol. The van der Waals surface area contributed by atoms with Crippen molar-refractivity contribution in [1.82, 2.24) is 0 Å². The summed E-state index contributed by atoms with van der Waals surface area (Å²) in [5, 5.41) is 3.75. The highest BCUT2D eigenvalue weighted by molar-refractivity contribution is 6.06. The Bertz CT molecular complexity index is 351. The molecular formula is C10H10N2. The highest BCUT2D eigenvalue weighted by atomic mass is 15.1. The molecule has 0 atom stereocenters. The van der Waals surface area contributed by atoms with Crippen LogP contribution in [0.25, 0.3) is 6.08 Å². The van der Waals surface area contributed by atoms with E-state index in [9.17, 15) is 0 Å². The Morgan fingerprint density at radius 2 is 2.08 bits per heavy atom. The smallest absolute Gasteiger partial charge is 0.0716 e. The van der Waals surface area contributed by atoms with Crippen molar-refractivity contribution in [3.05, 3.63) is 41.5 Å². The molecule has 2 rings (SSSR count). The van der Waals surface area contributed by atoms with Gasteiger partial charge in [-0.25, -0.2) is 0 Å². The summed E-state index contributed by atoms with van der Waals surface area (Å²) in [4.78, 5) is 0. The quantitative estimate of drug-likeness (QED) is 0.453. The summed E-state index contributed by atoms with van der Waals surface area (Å²) in [5.41, 5.74) is 3.32. The van der Waals surface area contributed by atoms with Crippen molar-refractivity contribution in [2.45, 2.75) is 6.42 Å². The molecule has 2 heteroatoms. The predicted molar refractivity (Wildman–Crippen MR) is 50.8 cm³/mol. The Morgan fingerprint density at radius 1 is 1.25 bits per heavy atom. The fraction of sp³-hybridized carbons (Fsp3) is 0.100. The second-order valence-electron chi connectivity index (χ2n) is 2.77. The van der Waals surface area contributed by atoms with E-state index in [0.29, 0.717) is 0 Å². The van der Waals surface area contributed by atoms with Gasteiger partial charge in [-0.15, -0.1) is 0 Å². The van der Waals surface area contributed by atoms with Crippen LogP contribution in [0, 0.1) is 0 Å². The van der Waals surface area contributed by atoms with Crippen LogP contribution < -0.4 is 5.84 Å². The number of benzene rings is 1. The van der Waals surface area contributed by atoms with Gasteiger partial charge in [-0.1, -0.05) is 36.4 Å². The predicted octanol–water partition coefficient (Wildman–Crippen LogP) is 1.77. The van der Waals surface area contributed by atoms with Gasteiger partial charge in [0.05, 0.1) is 5.71 Å². The number of allylic oxidation sites excluding steroid dienone is 1. The molecule has 0 heterocycles. The zero-order valence-corrected chi connectivity index (χ0v) is 6.70. The van der Waals surface area contributed by atoms with Crippen LogP contribution in [0.1, 0.15) is 17.5 Å². The average Bonchev–Trinajstić information content (AvgIpc) is 2.17. The van der Waals surface area contributed by atoms with Gasteiger partial charge in [0.1, 0.15) is 0 Å². The number of hydrazone groups is 1. The van der Waals surface area contributed by atoms with Crippen LogP contribution in [0.5, 0.6) is 0 Å². The lowest BCUT2D eigenvalue weighted by Gasteiger charge is -2.10. The molecule has 1 aliphatic carbocycles. The molecule has 0 fully saturated rings. The fourth-order valence-corrected chi connectivity index (χ4v) is 1.43. The van der Waals surface area contributed by atoms with Crippen molar-refractivity contribution in [2.24, 2.45) is 10.9 Å². The summed E-state index contributed by atoms with van der Waals surface area (Å²) in [6.45, 7) is 0. The summed E-state index contributed by atoms with van der Waals surface area (Å²) in [7, 11) is 0. The van der Waals surface area contributed by atoms with Crippen molar-refractivity contribution in [1.29, 1.82) is 0 Å². The van der Waals surface area contributed by atoms with E-state index in [-0.39, 0.29) is 0 Å². The normalized spacial score (nSPS) is 17.8. The van der Waals surface area contributed by atoms with Gasteiger partial charge < -0.3 is 5.84 Å². The first-order chi connectivity index (χ1) is 5.92. The van der Waals surface area contributed by atoms with E-state index in [0.717, 1.165) is 17.7 Å². The first-order valence-corrected chi connectivity index (χ1v) is 3.94. The highest BCUT2D eigenvalue weighted by Gasteiger charge is 2.08. The summed E-state index contributed by atoms with van der Waals surface area (Å²) < 4.78 is 0. The van der Waals surface area contributed by atoms with Crippen molar-refractivity contribution in [3.8, 4) is 0 Å². The van der Waals surface area contributed by atoms with Gasteiger partial charge in [-0.3, -0.25) is 0 Å². The number of nitrogens with two attached hydrogens (primary N) is 1. The molecule has 0 aromatic heterocycles. The third-order valence-corrected chi connectivity index (χ3v) is 2.04. The molecule has 0 aliphatic heterocycles. The minimum Gasteiger partial charge on any atom is -0.323 e. The summed E-state index contributed by atoms with van der Waals surface area (Å²) >= 11 is 0. The van der Waals surface area contributed by atoms with E-state index in [1.54, 1.807) is 0 Å². The molecule has 2 N–H and O–H groups in total. The van der Waals surface area contributed by atoms with Crippen LogP contribution in [0.2, 0.25) is 0 Å². The molecule has 0 unspecified atom stereocenters. The van der Waals surface area contributed by atoms with Gasteiger partial charge in [0.2, 0.25) is 0 Å². The lowest BCUT2D eigenvalue weighted by atomic mass is 9.96. The minimum atomic E-state index is 0.841. The second kappa shape index (κ2) is 2.81. The number of fused-ring (bicyclic) bond motifs is 1. The van der Waals surface area contributed by atoms with E-state index in [2.05, 4.69) is 23.3 Å². The van der Waals surface area contributed by atoms with Crippen molar-refractivity contribution in [2.75, 3.05) is 0 Å². The Morgan fingerprint density at radius 3 is 2.92 bits per heavy atom. The van der Waals surface area contributed by atoms with Gasteiger partial charge in [-0.2, -0.15) is 5.10 Å². The summed E-state index contributed by atoms with van der Waals surface area (Å²) in [5.74, 6) is 5.27. The van der Waals surface area contributed by atoms with E-state index in [1.807, 2.05) is 18.2 Å². The minimum absolute atomic E-state index is 0.841. The van der Waals surface area contributed by atoms with Crippen LogP contribution in [0.15, 0.2) is 35.4 Å². The van der Waals surface area contributed by atoms with Gasteiger partial charge in [0.15, 0.2) is 0 Å². The van der Waals surface area contributed by atoms with E-state index in [1.165, 1.54) is 5.56 Å². The van der Waals surface area contributed by atoms with E-state index >= 15 is 0 Å². The van der Waals surface area contributed by atoms with Gasteiger partial charge in [0, 0.05) is 12.0 Å². The number of hydrogen-bond donors (Lipinski definition) is 1. The van der Waals surface area contributed by atoms with Crippen LogP contribution in [-0.4, -0.2) is 5.71 Å². The molecule has 0 saturated carbocycles. The first-order valence-electron chi connectivity index (χ1n) is 3.94. The Balaban J connectivity index is 2.60. The number of nitrogens with zero attached hydrogens (tertiary/aromatic N) is 1. The van der Waals surface area contributed by atoms with E-state index < -0.39 is 0 Å². The standard InChI is InChI=1S/C10H10N2/c11-12-10-7-3-5-8-4-1-2-6-9(8)10/h1-6H,7,11H2. The molecule has 2 nitrogen and oxygen atoms in total. The molecule has 0 radical (unpaired) electrons. The lowest BCUT2D eigenvalue weighted by molar-refractivity contribution is 1.21. The number of hydrogen-bond acceptors (Lipinski definition) is 2. The monoisotopic (exact) mass is 158 g/mol. The molecule has 12 heavy (non-hydrogen) atoms. The molecule has 0 amide bonds. The maximum absolute atomic E-state index is 5.27. The van der Waals surface area contributed by atoms with Crippen LogP contribution in [0.4, 0.5) is 0 Å². The van der Waals surface area contributed by atoms with Gasteiger partial charge in [-0.05, 0) is 5.56 Å². The lowest BCUT2D eigenvalue weighted by Crippen LogP contribution is -2.07. The topological polar surface area (TPSA) is 38.4 Å². The van der Waals surface area contributed by atoms with Crippen molar-refractivity contribution < 1.29 is 0 Å². The Kier molecular flexibility index (Phi) is 1.67. The van der Waals surface area contributed by atoms with Gasteiger partial charge in [0.25, 0.3) is 0 Å². The van der Waals surface area contributed by atoms with E-state index in [4.69, 9.17) is 5.84 Å². The Labute approximate surface area is 71.4 Å². The van der Waals surface area contributed by atoms with Crippen molar-refractivity contribution in [3.63, 3.8) is 0 Å². The Hall–Kier alpha value is -1.57. The molecule has 0 saturated heterocycles. The maximum atomic E-state index is 5.27. The first kappa shape index (κ1) is 7.10. The molecule has 60 valence electrons. The summed E-state index contributed by atoms with van der Waals surface area (Å²) in [6, 6.07) is 8.13. The summed E-state index contributed by atoms with van der Waals surface area (Å²) in [6.07, 6.45) is 5.02. The third-order valence-electron chi connectivity index (χ3n) is 2.04. The average molecular weight is 158 g/mol. The largest absolute Gasteiger partial charge is 0.323 e. The van der Waals surface area contributed by atoms with Crippen molar-refractivity contribution >= 4 is 11.8 Å². The third kappa shape index (κ3) is 1.01. The highest BCUT2D eigenvalue weighted by Crippen LogP contribution is 2.18. The molecule has 0 spiro atoms. The fourth-order valence-electron chi connectivity index (χ4n) is 1.43. The van der Waals surface area contributed by atoms with Crippen LogP contribution in [-0.2, 0) is 0 Å². The van der Waals surface area contributed by atoms with Gasteiger partial charge >= 0.3 is 0 Å². The van der Waals surface area contributed by atoms with Crippen LogP contribution in [0.3, 0.4) is 0 Å². The molecule has 1 aliphatic rings. The molecule has 0 bridgehead atoms. The van der Waals surface area contributed by atoms with Crippen LogP contribution >= 0.6 is 0 Å². The zero-order chi connectivity index (χ0) is 8.39. The molecule has 1 aromatic rings. The molecule has 1 aromatic carbocycles. The maximum Gasteiger partial charge on any atom is 0.0716 e. The zero-order valence-electron chi connectivity index (χ0n) is 6.70. The SMILES string of the molecule is NN=C1CC=Cc2ccccc21.